The van der Waals surface area contributed by atoms with Crippen LogP contribution in [-0.2, 0) is 24.3 Å². The van der Waals surface area contributed by atoms with Crippen LogP contribution in [0, 0.1) is 5.92 Å². The Morgan fingerprint density at radius 2 is 2.18 bits per heavy atom. The van der Waals surface area contributed by atoms with Gasteiger partial charge in [-0.1, -0.05) is 13.8 Å². The molecular formula is C13H23N2O2+. The van der Waals surface area contributed by atoms with E-state index in [1.807, 2.05) is 6.20 Å². The van der Waals surface area contributed by atoms with E-state index in [2.05, 4.69) is 29.2 Å². The van der Waals surface area contributed by atoms with Gasteiger partial charge in [0, 0.05) is 6.42 Å². The van der Waals surface area contributed by atoms with Gasteiger partial charge < -0.3 is 5.11 Å². The molecule has 1 heterocycles. The number of aliphatic carboxylic acids is 1. The van der Waals surface area contributed by atoms with E-state index in [9.17, 15) is 4.79 Å². The fourth-order valence-electron chi connectivity index (χ4n) is 1.99. The van der Waals surface area contributed by atoms with Crippen LogP contribution in [0.3, 0.4) is 0 Å². The van der Waals surface area contributed by atoms with Crippen LogP contribution < -0.4 is 4.57 Å². The van der Waals surface area contributed by atoms with E-state index in [4.69, 9.17) is 5.11 Å². The summed E-state index contributed by atoms with van der Waals surface area (Å²) in [5.74, 6) is 0.165. The number of nitrogens with zero attached hydrogens (tertiary/aromatic N) is 2. The minimum atomic E-state index is -0.733. The van der Waals surface area contributed by atoms with E-state index in [0.29, 0.717) is 6.54 Å². The minimum absolute atomic E-state index is 0.340. The highest BCUT2D eigenvalue weighted by molar-refractivity contribution is 5.69. The van der Waals surface area contributed by atoms with Crippen molar-refractivity contribution in [2.45, 2.75) is 53.1 Å². The third-order valence-corrected chi connectivity index (χ3v) is 2.92. The zero-order chi connectivity index (χ0) is 12.8. The molecule has 96 valence electrons. The Balaban J connectivity index is 2.86. The Hall–Kier alpha value is -1.32. The second kappa shape index (κ2) is 6.42. The van der Waals surface area contributed by atoms with Crippen molar-refractivity contribution in [1.82, 2.24) is 4.57 Å². The Kier molecular flexibility index (Phi) is 5.19. The number of carbonyl (C=O) groups is 1. The lowest BCUT2D eigenvalue weighted by Gasteiger charge is -2.06. The molecule has 0 saturated carbocycles. The van der Waals surface area contributed by atoms with Crippen molar-refractivity contribution >= 4 is 5.97 Å². The van der Waals surface area contributed by atoms with Crippen LogP contribution in [0.2, 0.25) is 0 Å². The van der Waals surface area contributed by atoms with Crippen LogP contribution in [0.4, 0.5) is 0 Å². The van der Waals surface area contributed by atoms with Crippen LogP contribution >= 0.6 is 0 Å². The summed E-state index contributed by atoms with van der Waals surface area (Å²) < 4.78 is 4.32. The summed E-state index contributed by atoms with van der Waals surface area (Å²) in [7, 11) is 0. The first-order chi connectivity index (χ1) is 8.10. The maximum absolute atomic E-state index is 10.9. The average molecular weight is 239 g/mol. The second-order valence-corrected chi connectivity index (χ2v) is 4.55. The van der Waals surface area contributed by atoms with Crippen molar-refractivity contribution in [2.75, 3.05) is 0 Å². The summed E-state index contributed by atoms with van der Waals surface area (Å²) >= 11 is 0. The van der Waals surface area contributed by atoms with E-state index in [0.717, 1.165) is 25.8 Å². The Labute approximate surface area is 103 Å². The molecule has 0 saturated heterocycles. The first-order valence-corrected chi connectivity index (χ1v) is 6.40. The fraction of sp³-hybridized carbons (Fsp3) is 0.692. The van der Waals surface area contributed by atoms with Gasteiger partial charge in [0.15, 0.2) is 0 Å². The summed E-state index contributed by atoms with van der Waals surface area (Å²) in [5.41, 5.74) is 0. The van der Waals surface area contributed by atoms with Crippen LogP contribution in [0.15, 0.2) is 12.4 Å². The van der Waals surface area contributed by atoms with E-state index >= 15 is 0 Å². The Morgan fingerprint density at radius 1 is 1.47 bits per heavy atom. The third kappa shape index (κ3) is 3.58. The summed E-state index contributed by atoms with van der Waals surface area (Å²) in [6.45, 7) is 7.61. The summed E-state index contributed by atoms with van der Waals surface area (Å²) in [4.78, 5) is 10.9. The molecule has 0 spiro atoms. The van der Waals surface area contributed by atoms with Crippen molar-refractivity contribution in [3.8, 4) is 0 Å². The van der Waals surface area contributed by atoms with Crippen LogP contribution in [0.1, 0.15) is 39.4 Å². The van der Waals surface area contributed by atoms with Gasteiger partial charge in [0.1, 0.15) is 18.9 Å². The maximum Gasteiger partial charge on any atom is 0.310 e. The van der Waals surface area contributed by atoms with Gasteiger partial charge in [0.2, 0.25) is 0 Å². The zero-order valence-corrected chi connectivity index (χ0v) is 11.0. The van der Waals surface area contributed by atoms with Crippen LogP contribution in [-0.4, -0.2) is 15.6 Å². The molecule has 1 aromatic rings. The van der Waals surface area contributed by atoms with Gasteiger partial charge in [-0.3, -0.25) is 4.79 Å². The SMILES string of the molecule is CCCc1n(CCC)cc[n+]1CC(C)C(=O)O. The number of carboxylic acids is 1. The molecule has 0 radical (unpaired) electrons. The molecule has 1 rings (SSSR count). The van der Waals surface area contributed by atoms with Crippen molar-refractivity contribution in [3.05, 3.63) is 18.2 Å². The number of aryl methyl sites for hydroxylation is 1. The molecule has 0 fully saturated rings. The predicted octanol–water partition coefficient (Wildman–Crippen LogP) is 1.86. The average Bonchev–Trinajstić information content (AvgIpc) is 2.63. The molecule has 1 aromatic heterocycles. The molecule has 4 heteroatoms. The highest BCUT2D eigenvalue weighted by Gasteiger charge is 2.20. The summed E-state index contributed by atoms with van der Waals surface area (Å²) in [6.07, 6.45) is 7.23. The summed E-state index contributed by atoms with van der Waals surface area (Å²) in [5, 5.41) is 8.95. The second-order valence-electron chi connectivity index (χ2n) is 4.55. The number of imidazole rings is 1. The van der Waals surface area contributed by atoms with Gasteiger partial charge >= 0.3 is 5.97 Å². The molecule has 0 bridgehead atoms. The fourth-order valence-corrected chi connectivity index (χ4v) is 1.99. The maximum atomic E-state index is 10.9. The molecule has 0 aromatic carbocycles. The Morgan fingerprint density at radius 3 is 2.71 bits per heavy atom. The zero-order valence-electron chi connectivity index (χ0n) is 11.0. The standard InChI is InChI=1S/C13H22N2O2/c1-4-6-12-14(7-5-2)8-9-15(12)10-11(3)13(16)17/h8-9,11H,4-7,10H2,1-3H3/p+1. The molecule has 4 nitrogen and oxygen atoms in total. The van der Waals surface area contributed by atoms with Crippen molar-refractivity contribution in [3.63, 3.8) is 0 Å². The van der Waals surface area contributed by atoms with Crippen LogP contribution in [0.25, 0.3) is 0 Å². The molecule has 1 unspecified atom stereocenters. The highest BCUT2D eigenvalue weighted by Crippen LogP contribution is 2.04. The normalized spacial score (nSPS) is 12.6. The van der Waals surface area contributed by atoms with Crippen molar-refractivity contribution in [1.29, 1.82) is 0 Å². The lowest BCUT2D eigenvalue weighted by molar-refractivity contribution is -0.707. The smallest absolute Gasteiger partial charge is 0.310 e. The Bertz CT molecular complexity index is 371. The van der Waals surface area contributed by atoms with Gasteiger partial charge in [-0.05, 0) is 19.8 Å². The number of aromatic nitrogens is 2. The molecule has 1 atom stereocenters. The topological polar surface area (TPSA) is 46.1 Å². The van der Waals surface area contributed by atoms with Gasteiger partial charge in [-0.15, -0.1) is 0 Å². The van der Waals surface area contributed by atoms with Gasteiger partial charge in [0.05, 0.1) is 12.5 Å². The number of carboxylic acid groups (broad SMARTS) is 1. The summed E-state index contributed by atoms with van der Waals surface area (Å²) in [6, 6.07) is 0. The number of hydrogen-bond acceptors (Lipinski definition) is 1. The van der Waals surface area contributed by atoms with Crippen LogP contribution in [0.5, 0.6) is 0 Å². The largest absolute Gasteiger partial charge is 0.481 e. The quantitative estimate of drug-likeness (QED) is 0.738. The molecular weight excluding hydrogens is 216 g/mol. The molecule has 0 amide bonds. The van der Waals surface area contributed by atoms with Gasteiger partial charge in [0.25, 0.3) is 5.82 Å². The monoisotopic (exact) mass is 239 g/mol. The van der Waals surface area contributed by atoms with Gasteiger partial charge in [-0.25, -0.2) is 9.13 Å². The molecule has 0 aliphatic heterocycles. The predicted molar refractivity (Wildman–Crippen MR) is 65.7 cm³/mol. The van der Waals surface area contributed by atoms with E-state index in [1.165, 1.54) is 5.82 Å². The first kappa shape index (κ1) is 13.7. The lowest BCUT2D eigenvalue weighted by atomic mass is 10.2. The minimum Gasteiger partial charge on any atom is -0.481 e. The molecule has 0 aliphatic carbocycles. The van der Waals surface area contributed by atoms with Gasteiger partial charge in [-0.2, -0.15) is 0 Å². The molecule has 17 heavy (non-hydrogen) atoms. The molecule has 1 N–H and O–H groups in total. The lowest BCUT2D eigenvalue weighted by Crippen LogP contribution is -2.41. The van der Waals surface area contributed by atoms with E-state index in [1.54, 1.807) is 6.92 Å². The highest BCUT2D eigenvalue weighted by atomic mass is 16.4. The van der Waals surface area contributed by atoms with Crippen molar-refractivity contribution in [2.24, 2.45) is 5.92 Å². The first-order valence-electron chi connectivity index (χ1n) is 6.40. The third-order valence-electron chi connectivity index (χ3n) is 2.92. The number of rotatable bonds is 7. The van der Waals surface area contributed by atoms with E-state index < -0.39 is 5.97 Å². The number of hydrogen-bond donors (Lipinski definition) is 1. The molecule has 0 aliphatic rings. The van der Waals surface area contributed by atoms with E-state index in [-0.39, 0.29) is 5.92 Å². The van der Waals surface area contributed by atoms with Crippen molar-refractivity contribution < 1.29 is 14.5 Å².